The molecule has 2 aromatic rings. The van der Waals surface area contributed by atoms with Gasteiger partial charge in [0.25, 0.3) is 0 Å². The maximum atomic E-state index is 14.4. The summed E-state index contributed by atoms with van der Waals surface area (Å²) in [5.41, 5.74) is 1.31. The van der Waals surface area contributed by atoms with Gasteiger partial charge in [-0.2, -0.15) is 0 Å². The Morgan fingerprint density at radius 3 is 2.61 bits per heavy atom. The molecule has 0 aromatic heterocycles. The van der Waals surface area contributed by atoms with E-state index in [0.29, 0.717) is 10.6 Å². The van der Waals surface area contributed by atoms with Crippen molar-refractivity contribution < 1.29 is 8.78 Å². The molecule has 1 atom stereocenters. The van der Waals surface area contributed by atoms with Crippen molar-refractivity contribution in [1.29, 1.82) is 0 Å². The van der Waals surface area contributed by atoms with Crippen molar-refractivity contribution in [3.8, 4) is 0 Å². The number of benzene rings is 2. The number of nitrogens with one attached hydrogen (secondary N) is 1. The molecule has 0 bridgehead atoms. The van der Waals surface area contributed by atoms with E-state index >= 15 is 0 Å². The highest BCUT2D eigenvalue weighted by molar-refractivity contribution is 6.31. The van der Waals surface area contributed by atoms with E-state index in [1.807, 2.05) is 18.2 Å². The summed E-state index contributed by atoms with van der Waals surface area (Å²) in [4.78, 5) is 2.21. The molecule has 0 aliphatic carbocycles. The molecule has 0 radical (unpaired) electrons. The lowest BCUT2D eigenvalue weighted by atomic mass is 9.96. The Kier molecular flexibility index (Phi) is 5.26. The molecule has 3 rings (SSSR count). The van der Waals surface area contributed by atoms with E-state index in [4.69, 9.17) is 11.6 Å². The van der Waals surface area contributed by atoms with Crippen LogP contribution in [0.4, 0.5) is 8.78 Å². The van der Waals surface area contributed by atoms with Gasteiger partial charge in [0.15, 0.2) is 0 Å². The van der Waals surface area contributed by atoms with E-state index in [1.165, 1.54) is 12.1 Å². The van der Waals surface area contributed by atoms with Gasteiger partial charge in [0.1, 0.15) is 11.6 Å². The van der Waals surface area contributed by atoms with Crippen molar-refractivity contribution in [3.63, 3.8) is 0 Å². The second-order valence-electron chi connectivity index (χ2n) is 5.73. The van der Waals surface area contributed by atoms with Crippen molar-refractivity contribution in [2.75, 3.05) is 26.2 Å². The van der Waals surface area contributed by atoms with Crippen LogP contribution >= 0.6 is 11.6 Å². The van der Waals surface area contributed by atoms with Gasteiger partial charge < -0.3 is 5.32 Å². The zero-order chi connectivity index (χ0) is 16.2. The first-order chi connectivity index (χ1) is 11.2. The maximum Gasteiger partial charge on any atom is 0.131 e. The molecule has 2 nitrogen and oxygen atoms in total. The van der Waals surface area contributed by atoms with E-state index in [9.17, 15) is 8.78 Å². The predicted octanol–water partition coefficient (Wildman–Crippen LogP) is 4.00. The molecule has 23 heavy (non-hydrogen) atoms. The smallest absolute Gasteiger partial charge is 0.131 e. The zero-order valence-electron chi connectivity index (χ0n) is 12.7. The fourth-order valence-corrected chi connectivity index (χ4v) is 3.34. The number of hydrogen-bond acceptors (Lipinski definition) is 2. The minimum atomic E-state index is -0.568. The monoisotopic (exact) mass is 336 g/mol. The van der Waals surface area contributed by atoms with Crippen LogP contribution in [0.1, 0.15) is 23.6 Å². The number of nitrogens with zero attached hydrogens (tertiary/aromatic N) is 1. The molecule has 1 saturated heterocycles. The molecular formula is C18H19ClF2N2. The first-order valence-electron chi connectivity index (χ1n) is 7.81. The van der Waals surface area contributed by atoms with Crippen molar-refractivity contribution in [1.82, 2.24) is 10.2 Å². The predicted molar refractivity (Wildman–Crippen MR) is 88.7 cm³/mol. The molecule has 0 spiro atoms. The van der Waals surface area contributed by atoms with Crippen LogP contribution in [0.15, 0.2) is 42.5 Å². The Morgan fingerprint density at radius 2 is 1.83 bits per heavy atom. The van der Waals surface area contributed by atoms with E-state index in [-0.39, 0.29) is 6.04 Å². The highest BCUT2D eigenvalue weighted by atomic mass is 35.5. The summed E-state index contributed by atoms with van der Waals surface area (Å²) in [5, 5.41) is 3.94. The van der Waals surface area contributed by atoms with Crippen molar-refractivity contribution in [3.05, 3.63) is 70.2 Å². The molecule has 1 aliphatic rings. The fraction of sp³-hybridized carbons (Fsp3) is 0.333. The van der Waals surface area contributed by atoms with Gasteiger partial charge in [-0.3, -0.25) is 4.90 Å². The Hall–Kier alpha value is -1.49. The topological polar surface area (TPSA) is 15.3 Å². The first-order valence-corrected chi connectivity index (χ1v) is 8.19. The van der Waals surface area contributed by atoms with Crippen molar-refractivity contribution in [2.24, 2.45) is 0 Å². The summed E-state index contributed by atoms with van der Waals surface area (Å²) in [6.45, 7) is 3.40. The summed E-state index contributed by atoms with van der Waals surface area (Å²) in [5.74, 6) is -1.10. The van der Waals surface area contributed by atoms with Gasteiger partial charge in [-0.1, -0.05) is 35.9 Å². The SMILES string of the molecule is Fc1ccc(C(c2ccccc2Cl)N2CCCNCC2)c(F)c1. The average Bonchev–Trinajstić information content (AvgIpc) is 2.80. The van der Waals surface area contributed by atoms with E-state index in [2.05, 4.69) is 10.2 Å². The van der Waals surface area contributed by atoms with Gasteiger partial charge in [-0.05, 0) is 30.7 Å². The van der Waals surface area contributed by atoms with Crippen LogP contribution in [0.2, 0.25) is 5.02 Å². The van der Waals surface area contributed by atoms with Crippen LogP contribution in [0.3, 0.4) is 0 Å². The van der Waals surface area contributed by atoms with E-state index < -0.39 is 11.6 Å². The first kappa shape index (κ1) is 16.4. The molecule has 2 aromatic carbocycles. The zero-order valence-corrected chi connectivity index (χ0v) is 13.5. The Bertz CT molecular complexity index is 670. The molecule has 1 aliphatic heterocycles. The third kappa shape index (κ3) is 3.71. The van der Waals surface area contributed by atoms with Crippen LogP contribution < -0.4 is 5.32 Å². The van der Waals surface area contributed by atoms with Gasteiger partial charge in [0.2, 0.25) is 0 Å². The Balaban J connectivity index is 2.07. The third-order valence-electron chi connectivity index (χ3n) is 4.20. The summed E-state index contributed by atoms with van der Waals surface area (Å²) in [6.07, 6.45) is 0.976. The van der Waals surface area contributed by atoms with E-state index in [1.54, 1.807) is 6.07 Å². The molecule has 0 saturated carbocycles. The Labute approximate surface area is 140 Å². The second kappa shape index (κ2) is 7.39. The maximum absolute atomic E-state index is 14.4. The molecular weight excluding hydrogens is 318 g/mol. The van der Waals surface area contributed by atoms with Crippen LogP contribution in [0.5, 0.6) is 0 Å². The van der Waals surface area contributed by atoms with Crippen molar-refractivity contribution in [2.45, 2.75) is 12.5 Å². The van der Waals surface area contributed by atoms with Gasteiger partial charge in [0, 0.05) is 36.3 Å². The van der Waals surface area contributed by atoms with Gasteiger partial charge in [0.05, 0.1) is 6.04 Å². The molecule has 0 amide bonds. The summed E-state index contributed by atoms with van der Waals surface area (Å²) < 4.78 is 27.8. The van der Waals surface area contributed by atoms with Gasteiger partial charge in [-0.25, -0.2) is 8.78 Å². The van der Waals surface area contributed by atoms with Gasteiger partial charge >= 0.3 is 0 Å². The molecule has 5 heteroatoms. The third-order valence-corrected chi connectivity index (χ3v) is 4.54. The molecule has 1 N–H and O–H groups in total. The van der Waals surface area contributed by atoms with Crippen LogP contribution in [0, 0.1) is 11.6 Å². The van der Waals surface area contributed by atoms with E-state index in [0.717, 1.165) is 44.2 Å². The lowest BCUT2D eigenvalue weighted by molar-refractivity contribution is 0.236. The summed E-state index contributed by atoms with van der Waals surface area (Å²) in [7, 11) is 0. The summed E-state index contributed by atoms with van der Waals surface area (Å²) >= 11 is 6.37. The molecule has 1 heterocycles. The Morgan fingerprint density at radius 1 is 1.00 bits per heavy atom. The fourth-order valence-electron chi connectivity index (χ4n) is 3.11. The lowest BCUT2D eigenvalue weighted by Crippen LogP contribution is -2.33. The standard InChI is InChI=1S/C18H19ClF2N2/c19-16-5-2-1-4-14(16)18(23-10-3-8-22-9-11-23)15-7-6-13(20)12-17(15)21/h1-2,4-7,12,18,22H,3,8-11H2. The highest BCUT2D eigenvalue weighted by Gasteiger charge is 2.27. The minimum absolute atomic E-state index is 0.316. The molecule has 1 fully saturated rings. The second-order valence-corrected chi connectivity index (χ2v) is 6.14. The quantitative estimate of drug-likeness (QED) is 0.911. The normalized spacial score (nSPS) is 17.7. The lowest BCUT2D eigenvalue weighted by Gasteiger charge is -2.32. The van der Waals surface area contributed by atoms with Gasteiger partial charge in [-0.15, -0.1) is 0 Å². The largest absolute Gasteiger partial charge is 0.315 e. The summed E-state index contributed by atoms with van der Waals surface area (Å²) in [6, 6.07) is 10.9. The van der Waals surface area contributed by atoms with Crippen molar-refractivity contribution >= 4 is 11.6 Å². The van der Waals surface area contributed by atoms with Crippen LogP contribution in [-0.4, -0.2) is 31.1 Å². The molecule has 122 valence electrons. The minimum Gasteiger partial charge on any atom is -0.315 e. The number of rotatable bonds is 3. The van der Waals surface area contributed by atoms with Crippen LogP contribution in [0.25, 0.3) is 0 Å². The number of hydrogen-bond donors (Lipinski definition) is 1. The molecule has 1 unspecified atom stereocenters. The number of halogens is 3. The average molecular weight is 337 g/mol. The highest BCUT2D eigenvalue weighted by Crippen LogP contribution is 2.35. The van der Waals surface area contributed by atoms with Crippen LogP contribution in [-0.2, 0) is 0 Å².